The van der Waals surface area contributed by atoms with Crippen LogP contribution in [0.3, 0.4) is 0 Å². The van der Waals surface area contributed by atoms with Gasteiger partial charge in [-0.05, 0) is 49.5 Å². The van der Waals surface area contributed by atoms with Crippen molar-refractivity contribution in [3.05, 3.63) is 46.3 Å². The predicted octanol–water partition coefficient (Wildman–Crippen LogP) is 3.86. The quantitative estimate of drug-likeness (QED) is 0.269. The molecule has 0 unspecified atom stereocenters. The highest BCUT2D eigenvalue weighted by atomic mass is 35.5. The van der Waals surface area contributed by atoms with Gasteiger partial charge in [-0.2, -0.15) is 0 Å². The minimum Gasteiger partial charge on any atom is -0.481 e. The Balaban J connectivity index is 1.31. The van der Waals surface area contributed by atoms with E-state index in [-0.39, 0.29) is 11.9 Å². The van der Waals surface area contributed by atoms with E-state index in [2.05, 4.69) is 16.2 Å². The van der Waals surface area contributed by atoms with Crippen molar-refractivity contribution >= 4 is 67.9 Å². The van der Waals surface area contributed by atoms with E-state index >= 15 is 0 Å². The summed E-state index contributed by atoms with van der Waals surface area (Å²) in [6.45, 7) is 1.76. The molecular formula is C21H18ClN3O6S2. The number of benzene rings is 2. The van der Waals surface area contributed by atoms with Crippen LogP contribution in [0.2, 0.25) is 5.02 Å². The maximum absolute atomic E-state index is 12.3. The third-order valence-corrected chi connectivity index (χ3v) is 6.42. The number of thiophene rings is 1. The van der Waals surface area contributed by atoms with Crippen LogP contribution in [0.15, 0.2) is 36.4 Å². The fourth-order valence-electron chi connectivity index (χ4n) is 2.96. The Morgan fingerprint density at radius 2 is 1.94 bits per heavy atom. The van der Waals surface area contributed by atoms with Crippen LogP contribution in [-0.4, -0.2) is 37.0 Å². The van der Waals surface area contributed by atoms with Crippen LogP contribution in [0.25, 0.3) is 10.1 Å². The number of ether oxygens (including phenoxy) is 4. The monoisotopic (exact) mass is 507 g/mol. The van der Waals surface area contributed by atoms with Gasteiger partial charge in [-0.3, -0.25) is 15.6 Å². The van der Waals surface area contributed by atoms with Gasteiger partial charge in [0.05, 0.1) is 12.1 Å². The molecule has 0 fully saturated rings. The Hall–Kier alpha value is -3.28. The van der Waals surface area contributed by atoms with E-state index < -0.39 is 18.0 Å². The van der Waals surface area contributed by atoms with Crippen LogP contribution in [0.4, 0.5) is 5.69 Å². The zero-order chi connectivity index (χ0) is 23.5. The molecule has 2 aromatic carbocycles. The van der Waals surface area contributed by atoms with Crippen molar-refractivity contribution in [2.75, 3.05) is 19.2 Å². The van der Waals surface area contributed by atoms with Gasteiger partial charge in [-0.15, -0.1) is 11.3 Å². The molecule has 4 rings (SSSR count). The molecule has 1 aliphatic heterocycles. The van der Waals surface area contributed by atoms with Crippen molar-refractivity contribution in [1.82, 2.24) is 10.9 Å². The van der Waals surface area contributed by atoms with Gasteiger partial charge in [0.15, 0.2) is 22.7 Å². The molecule has 0 saturated carbocycles. The maximum Gasteiger partial charge on any atom is 0.349 e. The highest BCUT2D eigenvalue weighted by molar-refractivity contribution is 7.80. The zero-order valence-corrected chi connectivity index (χ0v) is 19.8. The van der Waals surface area contributed by atoms with Crippen molar-refractivity contribution < 1.29 is 28.5 Å². The van der Waals surface area contributed by atoms with Gasteiger partial charge in [0.2, 0.25) is 6.79 Å². The van der Waals surface area contributed by atoms with Gasteiger partial charge in [0.1, 0.15) is 10.6 Å². The number of carbonyl (C=O) groups is 2. The average Bonchev–Trinajstić information content (AvgIpc) is 3.40. The van der Waals surface area contributed by atoms with Crippen LogP contribution in [0.5, 0.6) is 17.2 Å². The van der Waals surface area contributed by atoms with E-state index in [9.17, 15) is 9.59 Å². The summed E-state index contributed by atoms with van der Waals surface area (Å²) in [5.74, 6) is 0.734. The van der Waals surface area contributed by atoms with Crippen LogP contribution in [-0.2, 0) is 9.53 Å². The molecule has 0 bridgehead atoms. The molecule has 2 heterocycles. The second-order valence-electron chi connectivity index (χ2n) is 6.79. The predicted molar refractivity (Wildman–Crippen MR) is 128 cm³/mol. The molecule has 0 saturated heterocycles. The number of nitrogens with one attached hydrogen (secondary N) is 3. The molecule has 0 radical (unpaired) electrons. The topological polar surface area (TPSA) is 107 Å². The molecular weight excluding hydrogens is 490 g/mol. The summed E-state index contributed by atoms with van der Waals surface area (Å²) in [6.07, 6.45) is -0.804. The van der Waals surface area contributed by atoms with Crippen molar-refractivity contribution in [3.63, 3.8) is 0 Å². The van der Waals surface area contributed by atoms with E-state index in [4.69, 9.17) is 42.8 Å². The molecule has 1 atom stereocenters. The number of rotatable bonds is 5. The lowest BCUT2D eigenvalue weighted by Crippen LogP contribution is -2.48. The summed E-state index contributed by atoms with van der Waals surface area (Å²) in [5.41, 5.74) is 5.77. The van der Waals surface area contributed by atoms with Crippen LogP contribution >= 0.6 is 35.2 Å². The summed E-state index contributed by atoms with van der Waals surface area (Å²) >= 11 is 12.7. The lowest BCUT2D eigenvalue weighted by atomic mass is 10.2. The SMILES string of the molecule is COC(=O)c1sc2cc(NC(=S)NNC(=O)[C@@H](C)Oc3ccc4c(c3)OCO4)ccc2c1Cl. The molecule has 1 aliphatic rings. The summed E-state index contributed by atoms with van der Waals surface area (Å²) in [4.78, 5) is 24.5. The summed E-state index contributed by atoms with van der Waals surface area (Å²) in [7, 11) is 1.30. The van der Waals surface area contributed by atoms with Gasteiger partial charge in [0, 0.05) is 21.8 Å². The number of methoxy groups -OCH3 is 1. The standard InChI is InChI=1S/C21H18ClN3O6S2/c1-10(31-12-4-6-14-15(8-12)30-9-29-14)19(26)24-25-21(32)23-11-3-5-13-16(7-11)33-18(17(13)22)20(27)28-2/h3-8,10H,9H2,1-2H3,(H,24,26)(H2,23,25,32)/t10-/m1/s1. The minimum absolute atomic E-state index is 0.155. The van der Waals surface area contributed by atoms with Crippen molar-refractivity contribution in [3.8, 4) is 17.2 Å². The van der Waals surface area contributed by atoms with Gasteiger partial charge in [0.25, 0.3) is 5.91 Å². The fraction of sp³-hybridized carbons (Fsp3) is 0.190. The molecule has 1 amide bonds. The highest BCUT2D eigenvalue weighted by Crippen LogP contribution is 2.37. The maximum atomic E-state index is 12.3. The number of thiocarbonyl (C=S) groups is 1. The van der Waals surface area contributed by atoms with Gasteiger partial charge in [-0.1, -0.05) is 11.6 Å². The number of hydrogen-bond donors (Lipinski definition) is 3. The van der Waals surface area contributed by atoms with Crippen molar-refractivity contribution in [2.45, 2.75) is 13.0 Å². The van der Waals surface area contributed by atoms with Gasteiger partial charge < -0.3 is 24.3 Å². The van der Waals surface area contributed by atoms with E-state index in [0.717, 1.165) is 10.1 Å². The van der Waals surface area contributed by atoms with Crippen LogP contribution in [0, 0.1) is 0 Å². The number of anilines is 1. The van der Waals surface area contributed by atoms with Crippen LogP contribution in [0.1, 0.15) is 16.6 Å². The zero-order valence-electron chi connectivity index (χ0n) is 17.4. The summed E-state index contributed by atoms with van der Waals surface area (Å²) < 4.78 is 21.7. The van der Waals surface area contributed by atoms with E-state index in [1.165, 1.54) is 18.4 Å². The molecule has 1 aromatic heterocycles. The van der Waals surface area contributed by atoms with E-state index in [1.807, 2.05) is 0 Å². The molecule has 3 N–H and O–H groups in total. The lowest BCUT2D eigenvalue weighted by molar-refractivity contribution is -0.127. The number of halogens is 1. The second kappa shape index (κ2) is 9.69. The van der Waals surface area contributed by atoms with E-state index in [0.29, 0.717) is 32.8 Å². The number of carbonyl (C=O) groups excluding carboxylic acids is 2. The molecule has 0 spiro atoms. The Kier molecular flexibility index (Phi) is 6.72. The summed E-state index contributed by atoms with van der Waals surface area (Å²) in [6, 6.07) is 10.4. The molecule has 9 nitrogen and oxygen atoms in total. The Bertz CT molecular complexity index is 1250. The van der Waals surface area contributed by atoms with Gasteiger partial charge >= 0.3 is 5.97 Å². The lowest BCUT2D eigenvalue weighted by Gasteiger charge is -2.16. The first-order valence-electron chi connectivity index (χ1n) is 9.59. The number of amides is 1. The molecule has 3 aromatic rings. The Labute approximate surface area is 202 Å². The smallest absolute Gasteiger partial charge is 0.349 e. The Morgan fingerprint density at radius 3 is 2.73 bits per heavy atom. The summed E-state index contributed by atoms with van der Waals surface area (Å²) in [5, 5.41) is 4.20. The normalized spacial score (nSPS) is 12.7. The Morgan fingerprint density at radius 1 is 1.15 bits per heavy atom. The number of fused-ring (bicyclic) bond motifs is 2. The van der Waals surface area contributed by atoms with E-state index in [1.54, 1.807) is 43.3 Å². The molecule has 12 heteroatoms. The largest absolute Gasteiger partial charge is 0.481 e. The average molecular weight is 508 g/mol. The number of hydrazine groups is 1. The van der Waals surface area contributed by atoms with Crippen LogP contribution < -0.4 is 30.4 Å². The van der Waals surface area contributed by atoms with Crippen molar-refractivity contribution in [2.24, 2.45) is 0 Å². The fourth-order valence-corrected chi connectivity index (χ4v) is 4.59. The molecule has 172 valence electrons. The number of esters is 1. The van der Waals surface area contributed by atoms with Crippen molar-refractivity contribution in [1.29, 1.82) is 0 Å². The third-order valence-electron chi connectivity index (χ3n) is 4.58. The molecule has 0 aliphatic carbocycles. The van der Waals surface area contributed by atoms with Gasteiger partial charge in [-0.25, -0.2) is 4.79 Å². The number of hydrogen-bond acceptors (Lipinski definition) is 8. The highest BCUT2D eigenvalue weighted by Gasteiger charge is 2.19. The first-order chi connectivity index (χ1) is 15.9. The second-order valence-corrected chi connectivity index (χ2v) is 8.63. The first kappa shape index (κ1) is 22.9. The first-order valence-corrected chi connectivity index (χ1v) is 11.2. The third kappa shape index (κ3) is 5.05. The minimum atomic E-state index is -0.804. The molecule has 33 heavy (non-hydrogen) atoms.